The number of hydrogen-bond donors (Lipinski definition) is 0. The Morgan fingerprint density at radius 1 is 1.14 bits per heavy atom. The Morgan fingerprint density at radius 2 is 2.07 bits per heavy atom. The van der Waals surface area contributed by atoms with Crippen LogP contribution in [0.25, 0.3) is 21.9 Å². The first kappa shape index (κ1) is 7.32. The third kappa shape index (κ3) is 0.821. The summed E-state index contributed by atoms with van der Waals surface area (Å²) in [6.45, 7) is 0. The Kier molecular flexibility index (Phi) is 1.28. The lowest BCUT2D eigenvalue weighted by Crippen LogP contribution is -1.97. The summed E-state index contributed by atoms with van der Waals surface area (Å²) in [5, 5.41) is 4.91. The van der Waals surface area contributed by atoms with Crippen molar-refractivity contribution in [2.45, 2.75) is 0 Å². The lowest BCUT2D eigenvalue weighted by molar-refractivity contribution is 0.456. The van der Waals surface area contributed by atoms with Crippen LogP contribution in [0.4, 0.5) is 0 Å². The molecule has 0 amide bonds. The minimum atomic E-state index is -0.0608. The van der Waals surface area contributed by atoms with E-state index in [2.05, 4.69) is 5.16 Å². The van der Waals surface area contributed by atoms with E-state index in [0.717, 1.165) is 5.39 Å². The highest BCUT2D eigenvalue weighted by Crippen LogP contribution is 2.22. The fourth-order valence-corrected chi connectivity index (χ4v) is 1.49. The van der Waals surface area contributed by atoms with Crippen molar-refractivity contribution in [3.05, 3.63) is 40.9 Å². The van der Waals surface area contributed by atoms with Gasteiger partial charge in [-0.2, -0.15) is 0 Å². The summed E-state index contributed by atoms with van der Waals surface area (Å²) in [5.74, 6) is 0. The zero-order valence-corrected chi connectivity index (χ0v) is 7.06. The third-order valence-corrected chi connectivity index (χ3v) is 2.16. The summed E-state index contributed by atoms with van der Waals surface area (Å²) in [4.78, 5) is 11.4. The van der Waals surface area contributed by atoms with Crippen LogP contribution in [0.15, 0.2) is 44.4 Å². The van der Waals surface area contributed by atoms with Crippen LogP contribution >= 0.6 is 0 Å². The molecule has 3 rings (SSSR count). The van der Waals surface area contributed by atoms with Crippen LogP contribution in [0.5, 0.6) is 0 Å². The molecular formula is C10H5NO3. The predicted octanol–water partition coefficient (Wildman–Crippen LogP) is 1.93. The number of rotatable bonds is 0. The molecule has 1 aromatic carbocycles. The van der Waals surface area contributed by atoms with Gasteiger partial charge in [-0.25, -0.2) is 0 Å². The number of benzene rings is 1. The van der Waals surface area contributed by atoms with E-state index < -0.39 is 0 Å². The van der Waals surface area contributed by atoms with E-state index in [1.165, 1.54) is 12.3 Å². The maximum atomic E-state index is 11.4. The van der Waals surface area contributed by atoms with Crippen LogP contribution in [-0.4, -0.2) is 5.16 Å². The Bertz CT molecular complexity index is 665. The zero-order valence-electron chi connectivity index (χ0n) is 7.06. The van der Waals surface area contributed by atoms with Crippen LogP contribution in [-0.2, 0) is 0 Å². The zero-order chi connectivity index (χ0) is 9.54. The van der Waals surface area contributed by atoms with E-state index in [1.807, 2.05) is 0 Å². The molecule has 0 fully saturated rings. The molecule has 0 bridgehead atoms. The maximum absolute atomic E-state index is 11.4. The maximum Gasteiger partial charge on any atom is 0.192 e. The van der Waals surface area contributed by atoms with Crippen molar-refractivity contribution in [2.75, 3.05) is 0 Å². The second-order valence-electron chi connectivity index (χ2n) is 2.96. The Hall–Kier alpha value is -2.10. The second kappa shape index (κ2) is 2.45. The predicted molar refractivity (Wildman–Crippen MR) is 50.1 cm³/mol. The topological polar surface area (TPSA) is 56.2 Å². The van der Waals surface area contributed by atoms with Crippen LogP contribution < -0.4 is 5.43 Å². The Morgan fingerprint density at radius 3 is 3.00 bits per heavy atom. The lowest BCUT2D eigenvalue weighted by atomic mass is 10.2. The smallest absolute Gasteiger partial charge is 0.192 e. The fraction of sp³-hybridized carbons (Fsp3) is 0. The molecule has 0 aliphatic carbocycles. The van der Waals surface area contributed by atoms with Gasteiger partial charge in [-0.05, 0) is 12.1 Å². The first-order valence-corrected chi connectivity index (χ1v) is 4.11. The van der Waals surface area contributed by atoms with Crippen LogP contribution in [0.3, 0.4) is 0 Å². The third-order valence-electron chi connectivity index (χ3n) is 2.16. The summed E-state index contributed by atoms with van der Waals surface area (Å²) < 4.78 is 10.2. The molecule has 0 atom stereocenters. The molecule has 0 N–H and O–H groups in total. The molecule has 0 unspecified atom stereocenters. The molecule has 0 aliphatic heterocycles. The van der Waals surface area contributed by atoms with E-state index in [1.54, 1.807) is 18.3 Å². The van der Waals surface area contributed by atoms with Gasteiger partial charge in [-0.1, -0.05) is 5.16 Å². The van der Waals surface area contributed by atoms with Gasteiger partial charge in [0.15, 0.2) is 11.0 Å². The van der Waals surface area contributed by atoms with Gasteiger partial charge < -0.3 is 8.94 Å². The quantitative estimate of drug-likeness (QED) is 0.539. The molecule has 4 nitrogen and oxygen atoms in total. The largest absolute Gasteiger partial charge is 0.463 e. The van der Waals surface area contributed by atoms with Crippen LogP contribution in [0.1, 0.15) is 0 Å². The SMILES string of the molecule is O=c1ccoc2c1ccc1oncc12. The minimum Gasteiger partial charge on any atom is -0.463 e. The second-order valence-corrected chi connectivity index (χ2v) is 2.96. The first-order valence-electron chi connectivity index (χ1n) is 4.11. The van der Waals surface area contributed by atoms with E-state index in [-0.39, 0.29) is 5.43 Å². The standard InChI is InChI=1S/C10H5NO3/c12-8-3-4-13-10-6(8)1-2-9-7(10)5-11-14-9/h1-5H. The number of hydrogen-bond acceptors (Lipinski definition) is 4. The number of nitrogens with zero attached hydrogens (tertiary/aromatic N) is 1. The minimum absolute atomic E-state index is 0.0608. The normalized spacial score (nSPS) is 11.1. The summed E-state index contributed by atoms with van der Waals surface area (Å²) >= 11 is 0. The molecule has 0 spiro atoms. The van der Waals surface area contributed by atoms with Gasteiger partial charge in [-0.3, -0.25) is 4.79 Å². The van der Waals surface area contributed by atoms with E-state index in [0.29, 0.717) is 16.6 Å². The molecule has 0 saturated carbocycles. The van der Waals surface area contributed by atoms with Crippen molar-refractivity contribution < 1.29 is 8.94 Å². The van der Waals surface area contributed by atoms with Gasteiger partial charge in [0.1, 0.15) is 5.58 Å². The monoisotopic (exact) mass is 187 g/mol. The van der Waals surface area contributed by atoms with Crippen molar-refractivity contribution in [1.29, 1.82) is 0 Å². The average Bonchev–Trinajstić information content (AvgIpc) is 2.66. The van der Waals surface area contributed by atoms with Gasteiger partial charge in [-0.15, -0.1) is 0 Å². The van der Waals surface area contributed by atoms with Gasteiger partial charge in [0.2, 0.25) is 0 Å². The van der Waals surface area contributed by atoms with Crippen LogP contribution in [0, 0.1) is 0 Å². The summed E-state index contributed by atoms with van der Waals surface area (Å²) in [7, 11) is 0. The van der Waals surface area contributed by atoms with Crippen molar-refractivity contribution in [2.24, 2.45) is 0 Å². The molecule has 68 valence electrons. The molecule has 0 radical (unpaired) electrons. The van der Waals surface area contributed by atoms with Crippen molar-refractivity contribution in [1.82, 2.24) is 5.16 Å². The van der Waals surface area contributed by atoms with E-state index in [9.17, 15) is 4.79 Å². The summed E-state index contributed by atoms with van der Waals surface area (Å²) in [5.41, 5.74) is 1.08. The van der Waals surface area contributed by atoms with Gasteiger partial charge >= 0.3 is 0 Å². The van der Waals surface area contributed by atoms with Gasteiger partial charge in [0, 0.05) is 6.07 Å². The molecule has 3 aromatic rings. The molecule has 0 saturated heterocycles. The summed E-state index contributed by atoms with van der Waals surface area (Å²) in [6.07, 6.45) is 2.91. The highest BCUT2D eigenvalue weighted by molar-refractivity contribution is 6.00. The first-order chi connectivity index (χ1) is 6.86. The molecule has 0 aliphatic rings. The van der Waals surface area contributed by atoms with Crippen molar-refractivity contribution in [3.8, 4) is 0 Å². The van der Waals surface area contributed by atoms with Gasteiger partial charge in [0.25, 0.3) is 0 Å². The molecule has 2 aromatic heterocycles. The lowest BCUT2D eigenvalue weighted by Gasteiger charge is -1.94. The van der Waals surface area contributed by atoms with Crippen molar-refractivity contribution in [3.63, 3.8) is 0 Å². The van der Waals surface area contributed by atoms with Crippen molar-refractivity contribution >= 4 is 21.9 Å². The highest BCUT2D eigenvalue weighted by atomic mass is 16.5. The Balaban J connectivity index is 2.71. The number of aromatic nitrogens is 1. The molecule has 4 heteroatoms. The van der Waals surface area contributed by atoms with Gasteiger partial charge in [0.05, 0.1) is 23.2 Å². The summed E-state index contributed by atoms with van der Waals surface area (Å²) in [6, 6.07) is 4.78. The van der Waals surface area contributed by atoms with E-state index >= 15 is 0 Å². The van der Waals surface area contributed by atoms with Crippen LogP contribution in [0.2, 0.25) is 0 Å². The average molecular weight is 187 g/mol. The number of fused-ring (bicyclic) bond motifs is 3. The Labute approximate surface area is 77.7 Å². The molecule has 2 heterocycles. The molecule has 14 heavy (non-hydrogen) atoms. The fourth-order valence-electron chi connectivity index (χ4n) is 1.49. The molecular weight excluding hydrogens is 182 g/mol. The van der Waals surface area contributed by atoms with E-state index in [4.69, 9.17) is 8.94 Å². The highest BCUT2D eigenvalue weighted by Gasteiger charge is 2.07.